The van der Waals surface area contributed by atoms with Crippen LogP contribution in [0, 0.1) is 20.8 Å². The first-order valence-corrected chi connectivity index (χ1v) is 7.15. The van der Waals surface area contributed by atoms with Crippen molar-refractivity contribution in [3.05, 3.63) is 39.3 Å². The molecule has 0 aliphatic heterocycles. The van der Waals surface area contributed by atoms with E-state index in [4.69, 9.17) is 5.11 Å². The average Bonchev–Trinajstić information content (AvgIpc) is 2.61. The van der Waals surface area contributed by atoms with Gasteiger partial charge in [0.25, 0.3) is 0 Å². The van der Waals surface area contributed by atoms with Gasteiger partial charge in [-0.05, 0) is 59.5 Å². The van der Waals surface area contributed by atoms with E-state index < -0.39 is 0 Å². The summed E-state index contributed by atoms with van der Waals surface area (Å²) >= 11 is 3.54. The fraction of sp³-hybridized carbons (Fsp3) is 0.400. The Balaban J connectivity index is 2.62. The van der Waals surface area contributed by atoms with Crippen molar-refractivity contribution in [1.29, 1.82) is 0 Å². The lowest BCUT2D eigenvalue weighted by Crippen LogP contribution is -2.03. The quantitative estimate of drug-likeness (QED) is 0.941. The third kappa shape index (κ3) is 2.60. The standard InChI is InChI=1S/C15H19BrN2O/c1-9-7-11(3)12(8-10(9)2)14-15(16)17-13(5-6-19)18(14)4/h7-8,19H,5-6H2,1-4H3. The minimum absolute atomic E-state index is 0.114. The molecule has 4 heteroatoms. The van der Waals surface area contributed by atoms with E-state index in [9.17, 15) is 0 Å². The smallest absolute Gasteiger partial charge is 0.132 e. The third-order valence-electron chi connectivity index (χ3n) is 3.58. The first-order valence-electron chi connectivity index (χ1n) is 6.36. The van der Waals surface area contributed by atoms with E-state index in [1.54, 1.807) is 0 Å². The molecule has 0 bridgehead atoms. The first kappa shape index (κ1) is 14.3. The highest BCUT2D eigenvalue weighted by atomic mass is 79.9. The lowest BCUT2D eigenvalue weighted by molar-refractivity contribution is 0.295. The molecule has 0 saturated carbocycles. The Morgan fingerprint density at radius 2 is 1.79 bits per heavy atom. The molecule has 0 atom stereocenters. The molecule has 1 N–H and O–H groups in total. The Hall–Kier alpha value is -1.13. The largest absolute Gasteiger partial charge is 0.396 e. The van der Waals surface area contributed by atoms with Gasteiger partial charge in [0.2, 0.25) is 0 Å². The van der Waals surface area contributed by atoms with Crippen molar-refractivity contribution >= 4 is 15.9 Å². The lowest BCUT2D eigenvalue weighted by Gasteiger charge is -2.12. The van der Waals surface area contributed by atoms with Crippen LogP contribution in [0.5, 0.6) is 0 Å². The van der Waals surface area contributed by atoms with Gasteiger partial charge in [0.15, 0.2) is 0 Å². The summed E-state index contributed by atoms with van der Waals surface area (Å²) in [5, 5.41) is 9.08. The highest BCUT2D eigenvalue weighted by Gasteiger charge is 2.16. The number of halogens is 1. The molecule has 2 aromatic rings. The van der Waals surface area contributed by atoms with Crippen LogP contribution >= 0.6 is 15.9 Å². The van der Waals surface area contributed by atoms with E-state index in [2.05, 4.69) is 58.4 Å². The lowest BCUT2D eigenvalue weighted by atomic mass is 9.99. The van der Waals surface area contributed by atoms with E-state index in [0.717, 1.165) is 16.1 Å². The van der Waals surface area contributed by atoms with Crippen molar-refractivity contribution in [1.82, 2.24) is 9.55 Å². The zero-order chi connectivity index (χ0) is 14.2. The van der Waals surface area contributed by atoms with Gasteiger partial charge < -0.3 is 9.67 Å². The van der Waals surface area contributed by atoms with Crippen molar-refractivity contribution in [3.8, 4) is 11.3 Å². The van der Waals surface area contributed by atoms with Gasteiger partial charge in [-0.3, -0.25) is 0 Å². The molecule has 0 amide bonds. The van der Waals surface area contributed by atoms with Crippen LogP contribution in [0.25, 0.3) is 11.3 Å². The van der Waals surface area contributed by atoms with Crippen LogP contribution in [-0.4, -0.2) is 21.3 Å². The monoisotopic (exact) mass is 322 g/mol. The third-order valence-corrected chi connectivity index (χ3v) is 4.13. The Labute approximate surface area is 122 Å². The number of hydrogen-bond acceptors (Lipinski definition) is 2. The summed E-state index contributed by atoms with van der Waals surface area (Å²) in [6.45, 7) is 6.48. The SMILES string of the molecule is Cc1cc(C)c(-c2c(Br)nc(CCO)n2C)cc1C. The van der Waals surface area contributed by atoms with Crippen molar-refractivity contribution in [2.45, 2.75) is 27.2 Å². The molecule has 1 heterocycles. The molecule has 0 spiro atoms. The van der Waals surface area contributed by atoms with Crippen molar-refractivity contribution in [2.75, 3.05) is 6.61 Å². The molecule has 0 aliphatic carbocycles. The average molecular weight is 323 g/mol. The fourth-order valence-electron chi connectivity index (χ4n) is 2.34. The van der Waals surface area contributed by atoms with Crippen LogP contribution in [0.4, 0.5) is 0 Å². The minimum atomic E-state index is 0.114. The summed E-state index contributed by atoms with van der Waals surface area (Å²) < 4.78 is 2.89. The predicted octanol–water partition coefficient (Wildman–Crippen LogP) is 3.31. The molecule has 0 fully saturated rings. The van der Waals surface area contributed by atoms with Gasteiger partial charge in [0.1, 0.15) is 10.4 Å². The van der Waals surface area contributed by atoms with Crippen LogP contribution in [0.2, 0.25) is 0 Å². The molecular formula is C15H19BrN2O. The highest BCUT2D eigenvalue weighted by molar-refractivity contribution is 9.10. The summed E-state index contributed by atoms with van der Waals surface area (Å²) in [6, 6.07) is 4.41. The maximum atomic E-state index is 9.08. The highest BCUT2D eigenvalue weighted by Crippen LogP contribution is 2.32. The van der Waals surface area contributed by atoms with Crippen LogP contribution in [0.3, 0.4) is 0 Å². The molecule has 0 aliphatic rings. The van der Waals surface area contributed by atoms with Gasteiger partial charge in [-0.15, -0.1) is 0 Å². The summed E-state index contributed by atoms with van der Waals surface area (Å²) in [5.41, 5.74) is 6.08. The van der Waals surface area contributed by atoms with Gasteiger partial charge in [-0.2, -0.15) is 0 Å². The zero-order valence-electron chi connectivity index (χ0n) is 11.8. The second kappa shape index (κ2) is 5.47. The number of aromatic nitrogens is 2. The fourth-order valence-corrected chi connectivity index (χ4v) is 3.02. The number of rotatable bonds is 3. The number of aryl methyl sites for hydroxylation is 3. The van der Waals surface area contributed by atoms with Gasteiger partial charge in [-0.25, -0.2) is 4.98 Å². The molecular weight excluding hydrogens is 304 g/mol. The zero-order valence-corrected chi connectivity index (χ0v) is 13.4. The van der Waals surface area contributed by atoms with E-state index in [1.165, 1.54) is 22.3 Å². The number of nitrogens with zero attached hydrogens (tertiary/aromatic N) is 2. The van der Waals surface area contributed by atoms with Gasteiger partial charge in [0.05, 0.1) is 12.3 Å². The normalized spacial score (nSPS) is 11.1. The summed E-state index contributed by atoms with van der Waals surface area (Å²) in [7, 11) is 1.99. The molecule has 3 nitrogen and oxygen atoms in total. The Bertz CT molecular complexity index is 617. The van der Waals surface area contributed by atoms with E-state index in [-0.39, 0.29) is 6.61 Å². The second-order valence-electron chi connectivity index (χ2n) is 4.95. The van der Waals surface area contributed by atoms with E-state index in [1.807, 2.05) is 7.05 Å². The second-order valence-corrected chi connectivity index (χ2v) is 5.70. The van der Waals surface area contributed by atoms with Crippen LogP contribution in [-0.2, 0) is 13.5 Å². The topological polar surface area (TPSA) is 38.1 Å². The number of imidazole rings is 1. The van der Waals surface area contributed by atoms with Gasteiger partial charge in [0, 0.05) is 19.0 Å². The maximum absolute atomic E-state index is 9.08. The first-order chi connectivity index (χ1) is 8.95. The van der Waals surface area contributed by atoms with Crippen LogP contribution in [0.1, 0.15) is 22.5 Å². The summed E-state index contributed by atoms with van der Waals surface area (Å²) in [4.78, 5) is 4.49. The maximum Gasteiger partial charge on any atom is 0.132 e. The molecule has 19 heavy (non-hydrogen) atoms. The molecule has 0 saturated heterocycles. The van der Waals surface area contributed by atoms with E-state index in [0.29, 0.717) is 6.42 Å². The molecule has 0 radical (unpaired) electrons. The van der Waals surface area contributed by atoms with E-state index >= 15 is 0 Å². The predicted molar refractivity (Wildman–Crippen MR) is 81.3 cm³/mol. The van der Waals surface area contributed by atoms with Gasteiger partial charge in [-0.1, -0.05) is 6.07 Å². The summed E-state index contributed by atoms with van der Waals surface area (Å²) in [6.07, 6.45) is 0.568. The van der Waals surface area contributed by atoms with Crippen molar-refractivity contribution in [3.63, 3.8) is 0 Å². The molecule has 1 aromatic carbocycles. The Morgan fingerprint density at radius 1 is 1.16 bits per heavy atom. The van der Waals surface area contributed by atoms with Crippen molar-refractivity contribution in [2.24, 2.45) is 7.05 Å². The number of benzene rings is 1. The Kier molecular flexibility index (Phi) is 4.11. The Morgan fingerprint density at radius 3 is 2.42 bits per heavy atom. The van der Waals surface area contributed by atoms with Gasteiger partial charge >= 0.3 is 0 Å². The molecule has 2 rings (SSSR count). The van der Waals surface area contributed by atoms with Crippen LogP contribution in [0.15, 0.2) is 16.7 Å². The summed E-state index contributed by atoms with van der Waals surface area (Å²) in [5.74, 6) is 0.891. The molecule has 102 valence electrons. The number of hydrogen-bond donors (Lipinski definition) is 1. The number of aliphatic hydroxyl groups is 1. The van der Waals surface area contributed by atoms with Crippen molar-refractivity contribution < 1.29 is 5.11 Å². The minimum Gasteiger partial charge on any atom is -0.396 e. The molecule has 1 aromatic heterocycles. The van der Waals surface area contributed by atoms with Crippen LogP contribution < -0.4 is 0 Å². The molecule has 0 unspecified atom stereocenters. The number of aliphatic hydroxyl groups excluding tert-OH is 1.